The van der Waals surface area contributed by atoms with Crippen LogP contribution in [-0.4, -0.2) is 40.7 Å². The van der Waals surface area contributed by atoms with Gasteiger partial charge >= 0.3 is 0 Å². The fourth-order valence-corrected chi connectivity index (χ4v) is 3.33. The average molecular weight is 341 g/mol. The Morgan fingerprint density at radius 2 is 1.76 bits per heavy atom. The van der Waals surface area contributed by atoms with E-state index in [0.29, 0.717) is 36.9 Å². The molecule has 1 saturated carbocycles. The van der Waals surface area contributed by atoms with Gasteiger partial charge in [0.05, 0.1) is 12.2 Å². The van der Waals surface area contributed by atoms with Crippen molar-refractivity contribution in [3.05, 3.63) is 41.6 Å². The summed E-state index contributed by atoms with van der Waals surface area (Å²) >= 11 is 0. The topological polar surface area (TPSA) is 68.5 Å². The van der Waals surface area contributed by atoms with Gasteiger partial charge < -0.3 is 14.1 Å². The Kier molecular flexibility index (Phi) is 4.42. The van der Waals surface area contributed by atoms with E-state index in [1.54, 1.807) is 0 Å². The van der Waals surface area contributed by atoms with Gasteiger partial charge in [-0.1, -0.05) is 12.1 Å². The van der Waals surface area contributed by atoms with Crippen LogP contribution in [0.25, 0.3) is 0 Å². The van der Waals surface area contributed by atoms with E-state index in [9.17, 15) is 4.79 Å². The number of hydrogen-bond acceptors (Lipinski definition) is 5. The average Bonchev–Trinajstić information content (AvgIpc) is 3.39. The molecule has 0 spiro atoms. The lowest BCUT2D eigenvalue weighted by Gasteiger charge is -2.30. The molecule has 0 bridgehead atoms. The quantitative estimate of drug-likeness (QED) is 0.834. The first kappa shape index (κ1) is 16.1. The summed E-state index contributed by atoms with van der Waals surface area (Å²) < 4.78 is 11.4. The minimum atomic E-state index is 0.0340. The van der Waals surface area contributed by atoms with Crippen LogP contribution in [-0.2, 0) is 0 Å². The van der Waals surface area contributed by atoms with Crippen molar-refractivity contribution < 1.29 is 13.9 Å². The van der Waals surface area contributed by atoms with Gasteiger partial charge in [0.25, 0.3) is 5.91 Å². The van der Waals surface area contributed by atoms with E-state index < -0.39 is 0 Å². The molecule has 4 rings (SSSR count). The zero-order valence-electron chi connectivity index (χ0n) is 14.5. The van der Waals surface area contributed by atoms with Gasteiger partial charge in [-0.05, 0) is 44.7 Å². The van der Waals surface area contributed by atoms with Crippen molar-refractivity contribution in [2.45, 2.75) is 44.4 Å². The molecule has 1 aromatic carbocycles. The van der Waals surface area contributed by atoms with Crippen LogP contribution in [0.2, 0.25) is 0 Å². The fourth-order valence-electron chi connectivity index (χ4n) is 3.33. The fraction of sp³-hybridized carbons (Fsp3) is 0.526. The Morgan fingerprint density at radius 3 is 2.40 bits per heavy atom. The van der Waals surface area contributed by atoms with E-state index in [0.717, 1.165) is 37.5 Å². The molecule has 6 nitrogen and oxygen atoms in total. The molecule has 2 aliphatic rings. The van der Waals surface area contributed by atoms with Gasteiger partial charge in [0.1, 0.15) is 5.75 Å². The number of ether oxygens (including phenoxy) is 1. The zero-order valence-corrected chi connectivity index (χ0v) is 14.5. The summed E-state index contributed by atoms with van der Waals surface area (Å²) in [6.07, 6.45) is 4.03. The molecule has 0 radical (unpaired) electrons. The van der Waals surface area contributed by atoms with Crippen LogP contribution in [0.5, 0.6) is 5.75 Å². The van der Waals surface area contributed by atoms with Crippen LogP contribution in [0.3, 0.4) is 0 Å². The van der Waals surface area contributed by atoms with Gasteiger partial charge in [-0.15, -0.1) is 10.2 Å². The summed E-state index contributed by atoms with van der Waals surface area (Å²) in [6, 6.07) is 7.45. The minimum Gasteiger partial charge on any atom is -0.493 e. The third kappa shape index (κ3) is 3.38. The maximum Gasteiger partial charge on any atom is 0.257 e. The van der Waals surface area contributed by atoms with E-state index in [1.807, 2.05) is 36.1 Å². The maximum absolute atomic E-state index is 12.8. The van der Waals surface area contributed by atoms with Gasteiger partial charge in [0, 0.05) is 24.9 Å². The molecule has 132 valence electrons. The number of rotatable bonds is 5. The molecule has 1 aromatic heterocycles. The van der Waals surface area contributed by atoms with Gasteiger partial charge in [-0.3, -0.25) is 4.79 Å². The highest BCUT2D eigenvalue weighted by molar-refractivity contribution is 5.97. The van der Waals surface area contributed by atoms with E-state index in [-0.39, 0.29) is 11.8 Å². The van der Waals surface area contributed by atoms with E-state index in [4.69, 9.17) is 9.15 Å². The van der Waals surface area contributed by atoms with Gasteiger partial charge in [0.15, 0.2) is 0 Å². The van der Waals surface area contributed by atoms with Gasteiger partial charge in [-0.2, -0.15) is 0 Å². The van der Waals surface area contributed by atoms with Crippen LogP contribution < -0.4 is 4.74 Å². The summed E-state index contributed by atoms with van der Waals surface area (Å²) in [5.74, 6) is 2.96. The van der Waals surface area contributed by atoms with Gasteiger partial charge in [0.2, 0.25) is 11.8 Å². The molecule has 1 aliphatic heterocycles. The van der Waals surface area contributed by atoms with E-state index >= 15 is 0 Å². The maximum atomic E-state index is 12.8. The van der Waals surface area contributed by atoms with Crippen molar-refractivity contribution in [3.8, 4) is 5.75 Å². The van der Waals surface area contributed by atoms with E-state index in [2.05, 4.69) is 10.2 Å². The summed E-state index contributed by atoms with van der Waals surface area (Å²) in [5.41, 5.74) is 0.636. The summed E-state index contributed by atoms with van der Waals surface area (Å²) in [5, 5.41) is 8.40. The molecule has 6 heteroatoms. The third-order valence-corrected chi connectivity index (χ3v) is 4.93. The van der Waals surface area contributed by atoms with Crippen molar-refractivity contribution in [1.82, 2.24) is 15.1 Å². The normalized spacial score (nSPS) is 18.4. The van der Waals surface area contributed by atoms with Crippen molar-refractivity contribution in [1.29, 1.82) is 0 Å². The molecular formula is C19H23N3O3. The lowest BCUT2D eigenvalue weighted by atomic mass is 9.96. The largest absolute Gasteiger partial charge is 0.493 e. The monoisotopic (exact) mass is 341 g/mol. The molecule has 1 aliphatic carbocycles. The number of carbonyl (C=O) groups excluding carboxylic acids is 1. The number of hydrogen-bond donors (Lipinski definition) is 0. The zero-order chi connectivity index (χ0) is 17.2. The molecule has 0 N–H and O–H groups in total. The second kappa shape index (κ2) is 6.86. The molecule has 2 fully saturated rings. The second-order valence-corrected chi connectivity index (χ2v) is 6.75. The van der Waals surface area contributed by atoms with Crippen molar-refractivity contribution in [2.24, 2.45) is 0 Å². The highest BCUT2D eigenvalue weighted by Gasteiger charge is 2.32. The van der Waals surface area contributed by atoms with Crippen molar-refractivity contribution in [3.63, 3.8) is 0 Å². The molecule has 2 aromatic rings. The number of carbonyl (C=O) groups is 1. The van der Waals surface area contributed by atoms with E-state index in [1.165, 1.54) is 0 Å². The highest BCUT2D eigenvalue weighted by Crippen LogP contribution is 2.40. The van der Waals surface area contributed by atoms with Crippen LogP contribution in [0.4, 0.5) is 0 Å². The summed E-state index contributed by atoms with van der Waals surface area (Å²) in [4.78, 5) is 14.7. The summed E-state index contributed by atoms with van der Waals surface area (Å²) in [7, 11) is 0. The number of nitrogens with zero attached hydrogens (tertiary/aromatic N) is 3. The standard InChI is InChI=1S/C19H23N3O3/c1-2-24-16-6-4-3-5-15(16)19(23)22-11-9-14(10-12-22)18-21-20-17(25-18)13-7-8-13/h3-6,13-14H,2,7-12H2,1H3. The van der Waals surface area contributed by atoms with Crippen LogP contribution in [0.1, 0.15) is 66.6 Å². The lowest BCUT2D eigenvalue weighted by Crippen LogP contribution is -2.38. The van der Waals surface area contributed by atoms with Crippen molar-refractivity contribution >= 4 is 5.91 Å². The molecule has 1 saturated heterocycles. The minimum absolute atomic E-state index is 0.0340. The number of para-hydroxylation sites is 1. The smallest absolute Gasteiger partial charge is 0.257 e. The van der Waals surface area contributed by atoms with Crippen molar-refractivity contribution in [2.75, 3.05) is 19.7 Å². The Balaban J connectivity index is 1.40. The molecule has 1 amide bonds. The first-order valence-electron chi connectivity index (χ1n) is 9.10. The Labute approximate surface area is 147 Å². The summed E-state index contributed by atoms with van der Waals surface area (Å²) in [6.45, 7) is 3.87. The first-order chi connectivity index (χ1) is 12.3. The van der Waals surface area contributed by atoms with Crippen LogP contribution in [0.15, 0.2) is 28.7 Å². The predicted molar refractivity (Wildman–Crippen MR) is 91.8 cm³/mol. The molecular weight excluding hydrogens is 318 g/mol. The molecule has 0 atom stereocenters. The second-order valence-electron chi connectivity index (χ2n) is 6.75. The first-order valence-corrected chi connectivity index (χ1v) is 9.10. The third-order valence-electron chi connectivity index (χ3n) is 4.93. The molecule has 25 heavy (non-hydrogen) atoms. The Morgan fingerprint density at radius 1 is 1.12 bits per heavy atom. The SMILES string of the molecule is CCOc1ccccc1C(=O)N1CCC(c2nnc(C3CC3)o2)CC1. The Bertz CT molecular complexity index is 746. The molecule has 2 heterocycles. The predicted octanol–water partition coefficient (Wildman–Crippen LogP) is 3.37. The van der Waals surface area contributed by atoms with Crippen LogP contribution in [0, 0.1) is 0 Å². The number of amides is 1. The number of aromatic nitrogens is 2. The highest BCUT2D eigenvalue weighted by atomic mass is 16.5. The number of piperidine rings is 1. The molecule has 0 unspecified atom stereocenters. The van der Waals surface area contributed by atoms with Crippen LogP contribution >= 0.6 is 0 Å². The number of likely N-dealkylation sites (tertiary alicyclic amines) is 1. The Hall–Kier alpha value is -2.37. The number of benzene rings is 1. The van der Waals surface area contributed by atoms with Gasteiger partial charge in [-0.25, -0.2) is 0 Å². The lowest BCUT2D eigenvalue weighted by molar-refractivity contribution is 0.0702.